The standard InChI is InChI=1S/C13H15FN2S/c1-8-4-11(5-9(2)12(8)14)6-15-13-16-10(3)7-17-13/h4-5,7H,6H2,1-3H3,(H,15,16). The molecule has 0 spiro atoms. The highest BCUT2D eigenvalue weighted by molar-refractivity contribution is 7.13. The lowest BCUT2D eigenvalue weighted by atomic mass is 10.1. The highest BCUT2D eigenvalue weighted by atomic mass is 32.1. The molecule has 0 bridgehead atoms. The van der Waals surface area contributed by atoms with E-state index in [1.54, 1.807) is 25.2 Å². The predicted molar refractivity (Wildman–Crippen MR) is 70.1 cm³/mol. The molecule has 1 N–H and O–H groups in total. The zero-order valence-electron chi connectivity index (χ0n) is 10.2. The highest BCUT2D eigenvalue weighted by Crippen LogP contribution is 2.18. The molecule has 2 nitrogen and oxygen atoms in total. The minimum atomic E-state index is -0.112. The lowest BCUT2D eigenvalue weighted by Gasteiger charge is -2.07. The second-order valence-corrected chi connectivity index (χ2v) is 5.05. The zero-order chi connectivity index (χ0) is 12.4. The first-order valence-electron chi connectivity index (χ1n) is 5.48. The van der Waals surface area contributed by atoms with Gasteiger partial charge in [-0.15, -0.1) is 11.3 Å². The fraction of sp³-hybridized carbons (Fsp3) is 0.308. The molecule has 2 aromatic rings. The number of aryl methyl sites for hydroxylation is 3. The summed E-state index contributed by atoms with van der Waals surface area (Å²) in [4.78, 5) is 4.32. The van der Waals surface area contributed by atoms with Crippen molar-refractivity contribution in [2.75, 3.05) is 5.32 Å². The van der Waals surface area contributed by atoms with Gasteiger partial charge in [-0.05, 0) is 37.5 Å². The monoisotopic (exact) mass is 250 g/mol. The summed E-state index contributed by atoms with van der Waals surface area (Å²) in [6.45, 7) is 6.22. The molecule has 0 aliphatic carbocycles. The topological polar surface area (TPSA) is 24.9 Å². The summed E-state index contributed by atoms with van der Waals surface area (Å²) >= 11 is 1.58. The fourth-order valence-corrected chi connectivity index (χ4v) is 2.44. The smallest absolute Gasteiger partial charge is 0.183 e. The maximum Gasteiger partial charge on any atom is 0.183 e. The van der Waals surface area contributed by atoms with Crippen LogP contribution in [0.15, 0.2) is 17.5 Å². The molecule has 0 saturated heterocycles. The Kier molecular flexibility index (Phi) is 3.43. The van der Waals surface area contributed by atoms with Crippen molar-refractivity contribution in [3.63, 3.8) is 0 Å². The minimum Gasteiger partial charge on any atom is -0.357 e. The Morgan fingerprint density at radius 2 is 1.88 bits per heavy atom. The first kappa shape index (κ1) is 12.0. The van der Waals surface area contributed by atoms with E-state index in [9.17, 15) is 4.39 Å². The molecule has 0 aliphatic heterocycles. The van der Waals surface area contributed by atoms with Crippen LogP contribution in [0.2, 0.25) is 0 Å². The van der Waals surface area contributed by atoms with E-state index >= 15 is 0 Å². The van der Waals surface area contributed by atoms with Gasteiger partial charge in [-0.25, -0.2) is 9.37 Å². The summed E-state index contributed by atoms with van der Waals surface area (Å²) in [6, 6.07) is 3.74. The number of nitrogens with one attached hydrogen (secondary N) is 1. The second kappa shape index (κ2) is 4.84. The van der Waals surface area contributed by atoms with E-state index < -0.39 is 0 Å². The van der Waals surface area contributed by atoms with Crippen molar-refractivity contribution in [2.24, 2.45) is 0 Å². The van der Waals surface area contributed by atoms with Gasteiger partial charge in [0.05, 0.1) is 5.69 Å². The third kappa shape index (κ3) is 2.82. The largest absolute Gasteiger partial charge is 0.357 e. The number of hydrogen-bond donors (Lipinski definition) is 1. The molecule has 1 aromatic carbocycles. The summed E-state index contributed by atoms with van der Waals surface area (Å²) in [6.07, 6.45) is 0. The van der Waals surface area contributed by atoms with Gasteiger partial charge >= 0.3 is 0 Å². The number of thiazole rings is 1. The highest BCUT2D eigenvalue weighted by Gasteiger charge is 2.04. The maximum atomic E-state index is 13.4. The van der Waals surface area contributed by atoms with E-state index in [0.29, 0.717) is 17.7 Å². The van der Waals surface area contributed by atoms with Gasteiger partial charge in [0.2, 0.25) is 0 Å². The minimum absolute atomic E-state index is 0.112. The van der Waals surface area contributed by atoms with Gasteiger partial charge in [0, 0.05) is 11.9 Å². The van der Waals surface area contributed by atoms with E-state index in [2.05, 4.69) is 10.3 Å². The van der Waals surface area contributed by atoms with Crippen LogP contribution in [0, 0.1) is 26.6 Å². The molecule has 4 heteroatoms. The van der Waals surface area contributed by atoms with Crippen LogP contribution in [0.1, 0.15) is 22.4 Å². The van der Waals surface area contributed by atoms with Crippen molar-refractivity contribution in [3.05, 3.63) is 45.7 Å². The maximum absolute atomic E-state index is 13.4. The van der Waals surface area contributed by atoms with Gasteiger partial charge in [-0.2, -0.15) is 0 Å². The molecule has 2 rings (SSSR count). The molecule has 0 fully saturated rings. The molecular weight excluding hydrogens is 235 g/mol. The van der Waals surface area contributed by atoms with Gasteiger partial charge in [0.1, 0.15) is 5.82 Å². The van der Waals surface area contributed by atoms with Crippen LogP contribution < -0.4 is 5.32 Å². The average Bonchev–Trinajstić information content (AvgIpc) is 2.69. The Bertz CT molecular complexity index is 511. The summed E-state index contributed by atoms with van der Waals surface area (Å²) in [5.74, 6) is -0.112. The number of benzene rings is 1. The number of aromatic nitrogens is 1. The Morgan fingerprint density at radius 3 is 2.41 bits per heavy atom. The van der Waals surface area contributed by atoms with E-state index in [4.69, 9.17) is 0 Å². The van der Waals surface area contributed by atoms with Crippen LogP contribution in [0.3, 0.4) is 0 Å². The van der Waals surface area contributed by atoms with Crippen molar-refractivity contribution in [3.8, 4) is 0 Å². The molecular formula is C13H15FN2S. The van der Waals surface area contributed by atoms with E-state index in [-0.39, 0.29) is 5.82 Å². The zero-order valence-corrected chi connectivity index (χ0v) is 11.0. The van der Waals surface area contributed by atoms with Crippen molar-refractivity contribution < 1.29 is 4.39 Å². The van der Waals surface area contributed by atoms with Gasteiger partial charge in [0.15, 0.2) is 5.13 Å². The normalized spacial score (nSPS) is 10.6. The van der Waals surface area contributed by atoms with E-state index in [0.717, 1.165) is 16.4 Å². The number of halogens is 1. The SMILES string of the molecule is Cc1csc(NCc2cc(C)c(F)c(C)c2)n1. The van der Waals surface area contributed by atoms with Gasteiger partial charge in [0.25, 0.3) is 0 Å². The molecule has 0 saturated carbocycles. The summed E-state index contributed by atoms with van der Waals surface area (Å²) in [5.41, 5.74) is 3.48. The van der Waals surface area contributed by atoms with Crippen molar-refractivity contribution in [2.45, 2.75) is 27.3 Å². The number of anilines is 1. The van der Waals surface area contributed by atoms with Crippen LogP contribution in [-0.2, 0) is 6.54 Å². The lowest BCUT2D eigenvalue weighted by molar-refractivity contribution is 0.608. The van der Waals surface area contributed by atoms with Gasteiger partial charge in [-0.1, -0.05) is 12.1 Å². The van der Waals surface area contributed by atoms with Crippen LogP contribution in [-0.4, -0.2) is 4.98 Å². The molecule has 90 valence electrons. The lowest BCUT2D eigenvalue weighted by Crippen LogP contribution is -2.01. The Morgan fingerprint density at radius 1 is 1.24 bits per heavy atom. The Hall–Kier alpha value is -1.42. The van der Waals surface area contributed by atoms with Gasteiger partial charge in [-0.3, -0.25) is 0 Å². The van der Waals surface area contributed by atoms with Crippen molar-refractivity contribution in [1.82, 2.24) is 4.98 Å². The summed E-state index contributed by atoms with van der Waals surface area (Å²) < 4.78 is 13.4. The average molecular weight is 250 g/mol. The third-order valence-electron chi connectivity index (χ3n) is 2.56. The van der Waals surface area contributed by atoms with E-state index in [1.165, 1.54) is 0 Å². The third-order valence-corrected chi connectivity index (χ3v) is 3.48. The van der Waals surface area contributed by atoms with Crippen LogP contribution in [0.25, 0.3) is 0 Å². The quantitative estimate of drug-likeness (QED) is 0.895. The van der Waals surface area contributed by atoms with E-state index in [1.807, 2.05) is 24.4 Å². The van der Waals surface area contributed by atoms with Crippen LogP contribution >= 0.6 is 11.3 Å². The van der Waals surface area contributed by atoms with Crippen LogP contribution in [0.5, 0.6) is 0 Å². The van der Waals surface area contributed by atoms with Gasteiger partial charge < -0.3 is 5.32 Å². The molecule has 17 heavy (non-hydrogen) atoms. The molecule has 0 radical (unpaired) electrons. The molecule has 0 amide bonds. The molecule has 0 unspecified atom stereocenters. The van der Waals surface area contributed by atoms with Crippen molar-refractivity contribution >= 4 is 16.5 Å². The molecule has 1 heterocycles. The molecule has 0 aliphatic rings. The second-order valence-electron chi connectivity index (χ2n) is 4.19. The predicted octanol–water partition coefficient (Wildman–Crippen LogP) is 3.82. The van der Waals surface area contributed by atoms with Crippen LogP contribution in [0.4, 0.5) is 9.52 Å². The molecule has 1 aromatic heterocycles. The van der Waals surface area contributed by atoms with Crippen molar-refractivity contribution in [1.29, 1.82) is 0 Å². The first-order valence-corrected chi connectivity index (χ1v) is 6.36. The first-order chi connectivity index (χ1) is 8.06. The molecule has 0 atom stereocenters. The number of rotatable bonds is 3. The fourth-order valence-electron chi connectivity index (χ4n) is 1.75. The Balaban J connectivity index is 2.09. The Labute approximate surface area is 105 Å². The summed E-state index contributed by atoms with van der Waals surface area (Å²) in [5, 5.41) is 6.15. The number of hydrogen-bond acceptors (Lipinski definition) is 3. The number of nitrogens with zero attached hydrogens (tertiary/aromatic N) is 1. The summed E-state index contributed by atoms with van der Waals surface area (Å²) in [7, 11) is 0.